The lowest BCUT2D eigenvalue weighted by atomic mass is 10.1. The summed E-state index contributed by atoms with van der Waals surface area (Å²) in [6.07, 6.45) is 0. The SMILES string of the molecule is CN(Cc1ccccc1Br)C(=O)c1cccc(F)c1Br. The topological polar surface area (TPSA) is 20.3 Å². The van der Waals surface area contributed by atoms with Crippen molar-refractivity contribution in [3.8, 4) is 0 Å². The molecule has 5 heteroatoms. The van der Waals surface area contributed by atoms with E-state index in [1.807, 2.05) is 24.3 Å². The van der Waals surface area contributed by atoms with Crippen LogP contribution in [0.15, 0.2) is 51.4 Å². The molecule has 2 aromatic rings. The van der Waals surface area contributed by atoms with Crippen LogP contribution in [0.4, 0.5) is 4.39 Å². The van der Waals surface area contributed by atoms with Gasteiger partial charge in [0.15, 0.2) is 0 Å². The Morgan fingerprint density at radius 1 is 1.15 bits per heavy atom. The summed E-state index contributed by atoms with van der Waals surface area (Å²) >= 11 is 6.57. The zero-order chi connectivity index (χ0) is 14.7. The molecule has 20 heavy (non-hydrogen) atoms. The molecule has 0 aliphatic heterocycles. The highest BCUT2D eigenvalue weighted by atomic mass is 79.9. The van der Waals surface area contributed by atoms with Gasteiger partial charge in [0, 0.05) is 18.1 Å². The summed E-state index contributed by atoms with van der Waals surface area (Å²) in [6, 6.07) is 12.1. The number of nitrogens with zero attached hydrogens (tertiary/aromatic N) is 1. The standard InChI is InChI=1S/C15H12Br2FNO/c1-19(9-10-5-2-3-7-12(10)16)15(20)11-6-4-8-13(18)14(11)17/h2-8H,9H2,1H3. The minimum absolute atomic E-state index is 0.198. The number of rotatable bonds is 3. The Balaban J connectivity index is 2.21. The quantitative estimate of drug-likeness (QED) is 0.735. The molecule has 0 unspecified atom stereocenters. The van der Waals surface area contributed by atoms with Gasteiger partial charge >= 0.3 is 0 Å². The van der Waals surface area contributed by atoms with Crippen molar-refractivity contribution in [1.29, 1.82) is 0 Å². The Morgan fingerprint density at radius 3 is 2.55 bits per heavy atom. The van der Waals surface area contributed by atoms with Crippen molar-refractivity contribution in [1.82, 2.24) is 4.90 Å². The molecule has 0 spiro atoms. The third-order valence-electron chi connectivity index (χ3n) is 2.89. The summed E-state index contributed by atoms with van der Waals surface area (Å²) in [5, 5.41) is 0. The van der Waals surface area contributed by atoms with Gasteiger partial charge in [0.2, 0.25) is 0 Å². The van der Waals surface area contributed by atoms with Crippen molar-refractivity contribution in [2.45, 2.75) is 6.54 Å². The number of halogens is 3. The van der Waals surface area contributed by atoms with Gasteiger partial charge in [0.05, 0.1) is 10.0 Å². The van der Waals surface area contributed by atoms with Crippen LogP contribution in [0.25, 0.3) is 0 Å². The first-order valence-corrected chi connectivity index (χ1v) is 7.52. The first-order chi connectivity index (χ1) is 9.50. The van der Waals surface area contributed by atoms with E-state index in [4.69, 9.17) is 0 Å². The van der Waals surface area contributed by atoms with Gasteiger partial charge in [-0.2, -0.15) is 0 Å². The normalized spacial score (nSPS) is 10.4. The highest BCUT2D eigenvalue weighted by molar-refractivity contribution is 9.10. The molecule has 0 aliphatic rings. The number of hydrogen-bond acceptors (Lipinski definition) is 1. The van der Waals surface area contributed by atoms with E-state index in [1.54, 1.807) is 18.0 Å². The minimum atomic E-state index is -0.440. The summed E-state index contributed by atoms with van der Waals surface area (Å²) in [5.41, 5.74) is 1.32. The largest absolute Gasteiger partial charge is 0.337 e. The second kappa shape index (κ2) is 6.50. The van der Waals surface area contributed by atoms with Gasteiger partial charge < -0.3 is 4.90 Å². The summed E-state index contributed by atoms with van der Waals surface area (Å²) < 4.78 is 14.6. The fourth-order valence-corrected chi connectivity index (χ4v) is 2.67. The van der Waals surface area contributed by atoms with Crippen molar-refractivity contribution in [2.75, 3.05) is 7.05 Å². The highest BCUT2D eigenvalue weighted by Gasteiger charge is 2.17. The fourth-order valence-electron chi connectivity index (χ4n) is 1.83. The molecule has 2 rings (SSSR count). The van der Waals surface area contributed by atoms with E-state index in [2.05, 4.69) is 31.9 Å². The Bertz CT molecular complexity index is 646. The predicted molar refractivity (Wildman–Crippen MR) is 84.0 cm³/mol. The maximum absolute atomic E-state index is 13.5. The molecule has 2 aromatic carbocycles. The lowest BCUT2D eigenvalue weighted by molar-refractivity contribution is 0.0783. The predicted octanol–water partition coefficient (Wildman–Crippen LogP) is 4.62. The third-order valence-corrected chi connectivity index (χ3v) is 4.47. The summed E-state index contributed by atoms with van der Waals surface area (Å²) in [4.78, 5) is 13.9. The van der Waals surface area contributed by atoms with Gasteiger partial charge in [0.1, 0.15) is 5.82 Å². The maximum Gasteiger partial charge on any atom is 0.255 e. The van der Waals surface area contributed by atoms with E-state index in [1.165, 1.54) is 12.1 Å². The van der Waals surface area contributed by atoms with Crippen LogP contribution in [0.5, 0.6) is 0 Å². The van der Waals surface area contributed by atoms with Crippen LogP contribution in [0, 0.1) is 5.82 Å². The smallest absolute Gasteiger partial charge is 0.255 e. The van der Waals surface area contributed by atoms with Gasteiger partial charge in [0.25, 0.3) is 5.91 Å². The molecule has 0 aliphatic carbocycles. The van der Waals surface area contributed by atoms with Crippen molar-refractivity contribution in [3.63, 3.8) is 0 Å². The van der Waals surface area contributed by atoms with Crippen LogP contribution in [0.1, 0.15) is 15.9 Å². The molecule has 104 valence electrons. The van der Waals surface area contributed by atoms with Crippen LogP contribution in [0.2, 0.25) is 0 Å². The molecule has 0 saturated heterocycles. The third kappa shape index (κ3) is 3.27. The Morgan fingerprint density at radius 2 is 1.85 bits per heavy atom. The Labute approximate surface area is 133 Å². The van der Waals surface area contributed by atoms with E-state index in [0.29, 0.717) is 12.1 Å². The molecular weight excluding hydrogens is 389 g/mol. The number of amides is 1. The lowest BCUT2D eigenvalue weighted by Crippen LogP contribution is -2.26. The van der Waals surface area contributed by atoms with Gasteiger partial charge in [-0.05, 0) is 39.7 Å². The van der Waals surface area contributed by atoms with Crippen LogP contribution < -0.4 is 0 Å². The molecule has 0 saturated carbocycles. The second-order valence-corrected chi connectivity index (χ2v) is 6.00. The highest BCUT2D eigenvalue weighted by Crippen LogP contribution is 2.23. The fraction of sp³-hybridized carbons (Fsp3) is 0.133. The molecule has 0 aromatic heterocycles. The second-order valence-electron chi connectivity index (χ2n) is 4.35. The van der Waals surface area contributed by atoms with Gasteiger partial charge in [-0.1, -0.05) is 40.2 Å². The van der Waals surface area contributed by atoms with Crippen molar-refractivity contribution < 1.29 is 9.18 Å². The van der Waals surface area contributed by atoms with E-state index < -0.39 is 5.82 Å². The molecule has 0 fully saturated rings. The van der Waals surface area contributed by atoms with Crippen LogP contribution in [-0.2, 0) is 6.54 Å². The number of benzene rings is 2. The number of carbonyl (C=O) groups is 1. The Kier molecular flexibility index (Phi) is 4.94. The summed E-state index contributed by atoms with van der Waals surface area (Å²) in [6.45, 7) is 0.448. The molecule has 0 atom stereocenters. The zero-order valence-corrected chi connectivity index (χ0v) is 13.9. The molecule has 0 N–H and O–H groups in total. The van der Waals surface area contributed by atoms with Gasteiger partial charge in [-0.3, -0.25) is 4.79 Å². The van der Waals surface area contributed by atoms with E-state index in [9.17, 15) is 9.18 Å². The number of hydrogen-bond donors (Lipinski definition) is 0. The van der Waals surface area contributed by atoms with Crippen LogP contribution in [0.3, 0.4) is 0 Å². The molecule has 1 amide bonds. The zero-order valence-electron chi connectivity index (χ0n) is 10.7. The monoisotopic (exact) mass is 399 g/mol. The van der Waals surface area contributed by atoms with Crippen molar-refractivity contribution in [2.24, 2.45) is 0 Å². The summed E-state index contributed by atoms with van der Waals surface area (Å²) in [5.74, 6) is -0.669. The molecular formula is C15H12Br2FNO. The molecule has 2 nitrogen and oxygen atoms in total. The summed E-state index contributed by atoms with van der Waals surface area (Å²) in [7, 11) is 1.69. The van der Waals surface area contributed by atoms with Crippen molar-refractivity contribution >= 4 is 37.8 Å². The van der Waals surface area contributed by atoms with Gasteiger partial charge in [-0.15, -0.1) is 0 Å². The Hall–Kier alpha value is -1.20. The first kappa shape index (κ1) is 15.2. The van der Waals surface area contributed by atoms with Crippen LogP contribution in [-0.4, -0.2) is 17.9 Å². The van der Waals surface area contributed by atoms with E-state index >= 15 is 0 Å². The number of carbonyl (C=O) groups excluding carboxylic acids is 1. The molecule has 0 heterocycles. The van der Waals surface area contributed by atoms with E-state index in [-0.39, 0.29) is 10.4 Å². The first-order valence-electron chi connectivity index (χ1n) is 5.93. The maximum atomic E-state index is 13.5. The minimum Gasteiger partial charge on any atom is -0.337 e. The average molecular weight is 401 g/mol. The van der Waals surface area contributed by atoms with Crippen molar-refractivity contribution in [3.05, 3.63) is 68.4 Å². The molecule has 0 bridgehead atoms. The van der Waals surface area contributed by atoms with Gasteiger partial charge in [-0.25, -0.2) is 4.39 Å². The molecule has 0 radical (unpaired) electrons. The van der Waals surface area contributed by atoms with E-state index in [0.717, 1.165) is 10.0 Å². The lowest BCUT2D eigenvalue weighted by Gasteiger charge is -2.19. The van der Waals surface area contributed by atoms with Crippen LogP contribution >= 0.6 is 31.9 Å². The average Bonchev–Trinajstić information content (AvgIpc) is 2.43.